The van der Waals surface area contributed by atoms with Crippen molar-refractivity contribution in [3.8, 4) is 56.2 Å². The van der Waals surface area contributed by atoms with Crippen molar-refractivity contribution in [3.63, 3.8) is 0 Å². The quantitative estimate of drug-likeness (QED) is 0.128. The van der Waals surface area contributed by atoms with Crippen LogP contribution in [0, 0.1) is 0 Å². The molecule has 0 aliphatic carbocycles. The predicted octanol–water partition coefficient (Wildman–Crippen LogP) is 18.2. The van der Waals surface area contributed by atoms with Crippen molar-refractivity contribution in [2.75, 3.05) is 0 Å². The van der Waals surface area contributed by atoms with Gasteiger partial charge < -0.3 is 4.42 Å². The van der Waals surface area contributed by atoms with Crippen molar-refractivity contribution >= 4 is 97.3 Å². The lowest BCUT2D eigenvalue weighted by molar-refractivity contribution is 0.673. The van der Waals surface area contributed by atoms with Gasteiger partial charge in [0, 0.05) is 38.2 Å². The first kappa shape index (κ1) is 38.0. The molecule has 0 radical (unpaired) electrons. The average Bonchev–Trinajstić information content (AvgIpc) is 3.81. The molecular formula is C66H38N2O. The van der Waals surface area contributed by atoms with Crippen LogP contribution in [0.2, 0.25) is 0 Å². The Morgan fingerprint density at radius 2 is 0.710 bits per heavy atom. The van der Waals surface area contributed by atoms with E-state index in [-0.39, 0.29) is 0 Å². The van der Waals surface area contributed by atoms with Gasteiger partial charge in [-0.2, -0.15) is 0 Å². The van der Waals surface area contributed by atoms with E-state index in [1.165, 1.54) is 81.3 Å². The van der Waals surface area contributed by atoms with E-state index in [1.807, 2.05) is 12.1 Å². The van der Waals surface area contributed by atoms with Gasteiger partial charge in [-0.15, -0.1) is 0 Å². The largest absolute Gasteiger partial charge is 0.455 e. The zero-order valence-electron chi connectivity index (χ0n) is 37.2. The van der Waals surface area contributed by atoms with Gasteiger partial charge in [-0.05, 0) is 105 Å². The van der Waals surface area contributed by atoms with Crippen molar-refractivity contribution in [3.05, 3.63) is 231 Å². The van der Waals surface area contributed by atoms with E-state index in [4.69, 9.17) is 14.4 Å². The molecule has 0 aliphatic rings. The van der Waals surface area contributed by atoms with Crippen molar-refractivity contribution in [1.29, 1.82) is 0 Å². The first-order chi connectivity index (χ1) is 34.2. The maximum absolute atomic E-state index is 6.88. The molecule has 2 aromatic heterocycles. The predicted molar refractivity (Wildman–Crippen MR) is 290 cm³/mol. The Morgan fingerprint density at radius 1 is 0.261 bits per heavy atom. The van der Waals surface area contributed by atoms with Gasteiger partial charge >= 0.3 is 0 Å². The third-order valence-corrected chi connectivity index (χ3v) is 14.6. The summed E-state index contributed by atoms with van der Waals surface area (Å²) in [4.78, 5) is 10.6. The zero-order chi connectivity index (χ0) is 45.2. The van der Waals surface area contributed by atoms with Gasteiger partial charge in [0.05, 0.1) is 11.4 Å². The topological polar surface area (TPSA) is 38.9 Å². The third kappa shape index (κ3) is 5.56. The van der Waals surface area contributed by atoms with E-state index in [1.54, 1.807) is 0 Å². The van der Waals surface area contributed by atoms with Crippen LogP contribution < -0.4 is 0 Å². The van der Waals surface area contributed by atoms with Crippen LogP contribution >= 0.6 is 0 Å². The summed E-state index contributed by atoms with van der Waals surface area (Å²) in [5.74, 6) is 0.699. The molecule has 13 aromatic carbocycles. The van der Waals surface area contributed by atoms with Crippen molar-refractivity contribution in [1.82, 2.24) is 9.97 Å². The molecule has 0 N–H and O–H groups in total. The van der Waals surface area contributed by atoms with Gasteiger partial charge in [-0.1, -0.05) is 212 Å². The number of nitrogens with zero attached hydrogens (tertiary/aromatic N) is 2. The van der Waals surface area contributed by atoms with Gasteiger partial charge in [0.1, 0.15) is 11.2 Å². The summed E-state index contributed by atoms with van der Waals surface area (Å²) in [5, 5.41) is 19.2. The first-order valence-electron chi connectivity index (χ1n) is 23.6. The fourth-order valence-corrected chi connectivity index (χ4v) is 11.7. The standard InChI is InChI=1S/C66H38N2O/c1-3-17-39(18-4-1)55-38-56(68-66(67-55)42-19-5-2-6-20-42)61-46-25-9-13-29-50(46)63(51-30-14-10-26-47(51)61)62-48-27-11-7-23-44(48)58(45-24-8-12-28-49(45)62)43-35-36-57-54(37-43)64-52-31-15-21-40-33-34-41-22-16-32-53(65(64)69-57)60(41)59(40)52/h1-38H. The van der Waals surface area contributed by atoms with E-state index < -0.39 is 0 Å². The minimum Gasteiger partial charge on any atom is -0.455 e. The fourth-order valence-electron chi connectivity index (χ4n) is 11.7. The molecule has 15 aromatic rings. The molecule has 0 bridgehead atoms. The molecule has 0 spiro atoms. The molecule has 15 rings (SSSR count). The van der Waals surface area contributed by atoms with Crippen LogP contribution in [0.1, 0.15) is 0 Å². The normalized spacial score (nSPS) is 12.1. The lowest BCUT2D eigenvalue weighted by atomic mass is 9.81. The molecule has 69 heavy (non-hydrogen) atoms. The van der Waals surface area contributed by atoms with Gasteiger partial charge in [-0.3, -0.25) is 0 Å². The Labute approximate surface area is 396 Å². The molecule has 0 fully saturated rings. The van der Waals surface area contributed by atoms with Crippen LogP contribution in [0.4, 0.5) is 0 Å². The summed E-state index contributed by atoms with van der Waals surface area (Å²) in [5.41, 5.74) is 11.5. The van der Waals surface area contributed by atoms with Crippen LogP contribution in [0.3, 0.4) is 0 Å². The van der Waals surface area contributed by atoms with E-state index in [0.717, 1.165) is 66.4 Å². The zero-order valence-corrected chi connectivity index (χ0v) is 37.2. The average molecular weight is 875 g/mol. The van der Waals surface area contributed by atoms with Crippen LogP contribution in [0.5, 0.6) is 0 Å². The Morgan fingerprint density at radius 3 is 1.28 bits per heavy atom. The van der Waals surface area contributed by atoms with E-state index in [2.05, 4.69) is 218 Å². The van der Waals surface area contributed by atoms with Gasteiger partial charge in [0.2, 0.25) is 0 Å². The summed E-state index contributed by atoms with van der Waals surface area (Å²) >= 11 is 0. The number of fused-ring (bicyclic) bond motifs is 9. The number of benzene rings is 13. The third-order valence-electron chi connectivity index (χ3n) is 14.6. The summed E-state index contributed by atoms with van der Waals surface area (Å²) in [6.45, 7) is 0. The number of furan rings is 1. The molecule has 0 atom stereocenters. The second-order valence-electron chi connectivity index (χ2n) is 18.3. The monoisotopic (exact) mass is 874 g/mol. The molecule has 0 saturated heterocycles. The Balaban J connectivity index is 1.01. The lowest BCUT2D eigenvalue weighted by Gasteiger charge is -2.22. The maximum atomic E-state index is 6.88. The summed E-state index contributed by atoms with van der Waals surface area (Å²) in [7, 11) is 0. The van der Waals surface area contributed by atoms with Crippen molar-refractivity contribution < 1.29 is 4.42 Å². The SMILES string of the molecule is c1ccc(-c2cc(-c3c4ccccc4c(-c4c5ccccc5c(-c5ccc6oc7c8cccc9ccc%10cccc(c7c6c5)c%10c98)c5ccccc45)c4ccccc34)nc(-c3ccccc3)n2)cc1. The second-order valence-corrected chi connectivity index (χ2v) is 18.3. The van der Waals surface area contributed by atoms with Crippen LogP contribution in [0.25, 0.3) is 154 Å². The highest BCUT2D eigenvalue weighted by Gasteiger charge is 2.25. The number of rotatable bonds is 5. The second kappa shape index (κ2) is 14.7. The summed E-state index contributed by atoms with van der Waals surface area (Å²) in [6.07, 6.45) is 0. The molecular weight excluding hydrogens is 837 g/mol. The molecule has 3 nitrogen and oxygen atoms in total. The molecule has 0 aliphatic heterocycles. The highest BCUT2D eigenvalue weighted by atomic mass is 16.3. The van der Waals surface area contributed by atoms with Crippen molar-refractivity contribution in [2.45, 2.75) is 0 Å². The summed E-state index contributed by atoms with van der Waals surface area (Å²) < 4.78 is 6.88. The van der Waals surface area contributed by atoms with Gasteiger partial charge in [0.15, 0.2) is 5.82 Å². The van der Waals surface area contributed by atoms with Crippen molar-refractivity contribution in [2.24, 2.45) is 0 Å². The summed E-state index contributed by atoms with van der Waals surface area (Å²) in [6, 6.07) is 83.3. The van der Waals surface area contributed by atoms with Gasteiger partial charge in [-0.25, -0.2) is 9.97 Å². The number of hydrogen-bond donors (Lipinski definition) is 0. The fraction of sp³-hybridized carbons (Fsp3) is 0. The minimum absolute atomic E-state index is 0.699. The molecule has 318 valence electrons. The van der Waals surface area contributed by atoms with Gasteiger partial charge in [0.25, 0.3) is 0 Å². The highest BCUT2D eigenvalue weighted by molar-refractivity contribution is 6.37. The van der Waals surface area contributed by atoms with E-state index >= 15 is 0 Å². The Kier molecular flexibility index (Phi) is 8.07. The van der Waals surface area contributed by atoms with E-state index in [0.29, 0.717) is 5.82 Å². The number of hydrogen-bond acceptors (Lipinski definition) is 3. The molecule has 0 saturated carbocycles. The Bertz CT molecular complexity index is 4420. The number of aromatic nitrogens is 2. The Hall–Kier alpha value is -9.18. The smallest absolute Gasteiger partial charge is 0.160 e. The molecule has 2 heterocycles. The van der Waals surface area contributed by atoms with E-state index in [9.17, 15) is 0 Å². The van der Waals surface area contributed by atoms with Crippen LogP contribution in [-0.2, 0) is 0 Å². The lowest BCUT2D eigenvalue weighted by Crippen LogP contribution is -1.98. The van der Waals surface area contributed by atoms with Crippen LogP contribution in [-0.4, -0.2) is 9.97 Å². The van der Waals surface area contributed by atoms with Crippen LogP contribution in [0.15, 0.2) is 235 Å². The molecule has 3 heteroatoms. The molecule has 0 amide bonds. The minimum atomic E-state index is 0.699. The molecule has 0 unspecified atom stereocenters. The highest BCUT2D eigenvalue weighted by Crippen LogP contribution is 2.51. The maximum Gasteiger partial charge on any atom is 0.160 e. The first-order valence-corrected chi connectivity index (χ1v) is 23.6.